The average Bonchev–Trinajstić information content (AvgIpc) is 2.50. The lowest BCUT2D eigenvalue weighted by atomic mass is 10.1. The summed E-state index contributed by atoms with van der Waals surface area (Å²) < 4.78 is 5.31. The van der Waals surface area contributed by atoms with Crippen molar-refractivity contribution in [2.75, 3.05) is 26.7 Å². The van der Waals surface area contributed by atoms with Crippen LogP contribution in [0.25, 0.3) is 0 Å². The van der Waals surface area contributed by atoms with Crippen LogP contribution in [0.15, 0.2) is 0 Å². The second kappa shape index (κ2) is 4.84. The van der Waals surface area contributed by atoms with Crippen molar-refractivity contribution in [2.24, 2.45) is 5.92 Å². The minimum absolute atomic E-state index is 0.180. The second-order valence-electron chi connectivity index (χ2n) is 5.14. The number of rotatable bonds is 2. The predicted octanol–water partition coefficient (Wildman–Crippen LogP) is 1.46. The summed E-state index contributed by atoms with van der Waals surface area (Å²) in [4.78, 5) is 13.5. The number of carbonyl (C=O) groups excluding carboxylic acids is 1. The first kappa shape index (κ1) is 12.3. The van der Waals surface area contributed by atoms with Gasteiger partial charge >= 0.3 is 6.09 Å². The fourth-order valence-corrected chi connectivity index (χ4v) is 1.78. The molecule has 0 aliphatic carbocycles. The lowest BCUT2D eigenvalue weighted by molar-refractivity contribution is 0.0288. The number of hydrogen-bond acceptors (Lipinski definition) is 3. The van der Waals surface area contributed by atoms with Crippen LogP contribution in [0, 0.1) is 5.92 Å². The number of nitrogens with one attached hydrogen (secondary N) is 1. The van der Waals surface area contributed by atoms with E-state index in [4.69, 9.17) is 4.74 Å². The van der Waals surface area contributed by atoms with Crippen molar-refractivity contribution >= 4 is 6.09 Å². The number of hydrogen-bond donors (Lipinski definition) is 1. The molecule has 88 valence electrons. The molecular formula is C11H22N2O2. The van der Waals surface area contributed by atoms with Gasteiger partial charge in [-0.15, -0.1) is 0 Å². The highest BCUT2D eigenvalue weighted by Gasteiger charge is 2.29. The Bertz CT molecular complexity index is 223. The zero-order valence-electron chi connectivity index (χ0n) is 10.2. The molecule has 1 rings (SSSR count). The SMILES string of the molecule is CNC[C@@H]1CCN(C(=O)OC(C)(C)C)C1. The molecule has 0 aromatic rings. The molecule has 1 heterocycles. The van der Waals surface area contributed by atoms with E-state index < -0.39 is 5.60 Å². The second-order valence-corrected chi connectivity index (χ2v) is 5.14. The van der Waals surface area contributed by atoms with E-state index in [1.165, 1.54) is 0 Å². The van der Waals surface area contributed by atoms with Crippen molar-refractivity contribution in [3.8, 4) is 0 Å². The van der Waals surface area contributed by atoms with E-state index in [0.717, 1.165) is 26.1 Å². The van der Waals surface area contributed by atoms with E-state index in [0.29, 0.717) is 5.92 Å². The van der Waals surface area contributed by atoms with E-state index in [2.05, 4.69) is 5.32 Å². The van der Waals surface area contributed by atoms with Crippen LogP contribution < -0.4 is 5.32 Å². The molecule has 0 saturated carbocycles. The number of amides is 1. The largest absolute Gasteiger partial charge is 0.444 e. The van der Waals surface area contributed by atoms with Gasteiger partial charge in [-0.1, -0.05) is 0 Å². The van der Waals surface area contributed by atoms with Gasteiger partial charge in [0.1, 0.15) is 5.60 Å². The van der Waals surface area contributed by atoms with E-state index in [9.17, 15) is 4.79 Å². The van der Waals surface area contributed by atoms with Crippen molar-refractivity contribution in [3.63, 3.8) is 0 Å². The van der Waals surface area contributed by atoms with E-state index in [-0.39, 0.29) is 6.09 Å². The van der Waals surface area contributed by atoms with Crippen molar-refractivity contribution in [2.45, 2.75) is 32.8 Å². The topological polar surface area (TPSA) is 41.6 Å². The van der Waals surface area contributed by atoms with Crippen molar-refractivity contribution < 1.29 is 9.53 Å². The Kier molecular flexibility index (Phi) is 3.97. The Balaban J connectivity index is 2.37. The lowest BCUT2D eigenvalue weighted by Gasteiger charge is -2.24. The standard InChI is InChI=1S/C11H22N2O2/c1-11(2,3)15-10(14)13-6-5-9(8-13)7-12-4/h9,12H,5-8H2,1-4H3/t9-/m0/s1. The molecule has 1 aliphatic heterocycles. The molecule has 0 aromatic carbocycles. The fraction of sp³-hybridized carbons (Fsp3) is 0.909. The van der Waals surface area contributed by atoms with Crippen molar-refractivity contribution in [3.05, 3.63) is 0 Å². The summed E-state index contributed by atoms with van der Waals surface area (Å²) in [5.74, 6) is 0.572. The Morgan fingerprint density at radius 3 is 2.73 bits per heavy atom. The quantitative estimate of drug-likeness (QED) is 0.756. The summed E-state index contributed by atoms with van der Waals surface area (Å²) in [7, 11) is 1.94. The molecule has 4 nitrogen and oxygen atoms in total. The molecule has 0 radical (unpaired) electrons. The molecule has 0 unspecified atom stereocenters. The maximum absolute atomic E-state index is 11.7. The van der Waals surface area contributed by atoms with Gasteiger partial charge in [0.05, 0.1) is 0 Å². The first-order valence-corrected chi connectivity index (χ1v) is 5.55. The Morgan fingerprint density at radius 2 is 2.20 bits per heavy atom. The zero-order valence-corrected chi connectivity index (χ0v) is 10.2. The van der Waals surface area contributed by atoms with Crippen molar-refractivity contribution in [1.82, 2.24) is 10.2 Å². The molecule has 0 bridgehead atoms. The third kappa shape index (κ3) is 4.08. The molecule has 15 heavy (non-hydrogen) atoms. The van der Waals surface area contributed by atoms with Gasteiger partial charge in [0, 0.05) is 13.1 Å². The highest BCUT2D eigenvalue weighted by atomic mass is 16.6. The molecule has 0 spiro atoms. The van der Waals surface area contributed by atoms with Gasteiger partial charge in [-0.3, -0.25) is 0 Å². The van der Waals surface area contributed by atoms with Gasteiger partial charge in [-0.05, 0) is 46.7 Å². The number of likely N-dealkylation sites (tertiary alicyclic amines) is 1. The van der Waals surface area contributed by atoms with Crippen molar-refractivity contribution in [1.29, 1.82) is 0 Å². The molecule has 1 aliphatic rings. The first-order valence-electron chi connectivity index (χ1n) is 5.55. The summed E-state index contributed by atoms with van der Waals surface area (Å²) >= 11 is 0. The first-order chi connectivity index (χ1) is 6.92. The smallest absolute Gasteiger partial charge is 0.410 e. The molecule has 1 N–H and O–H groups in total. The summed E-state index contributed by atoms with van der Waals surface area (Å²) in [5, 5.41) is 3.14. The van der Waals surface area contributed by atoms with Crippen LogP contribution in [0.5, 0.6) is 0 Å². The van der Waals surface area contributed by atoms with Gasteiger partial charge in [-0.2, -0.15) is 0 Å². The molecule has 4 heteroatoms. The summed E-state index contributed by atoms with van der Waals surface area (Å²) in [6, 6.07) is 0. The third-order valence-corrected chi connectivity index (χ3v) is 2.43. The molecule has 1 saturated heterocycles. The Hall–Kier alpha value is -0.770. The van der Waals surface area contributed by atoms with Crippen LogP contribution in [0.3, 0.4) is 0 Å². The van der Waals surface area contributed by atoms with Crippen LogP contribution >= 0.6 is 0 Å². The van der Waals surface area contributed by atoms with Gasteiger partial charge in [0.2, 0.25) is 0 Å². The maximum atomic E-state index is 11.7. The van der Waals surface area contributed by atoms with Gasteiger partial charge in [0.25, 0.3) is 0 Å². The highest BCUT2D eigenvalue weighted by molar-refractivity contribution is 5.68. The van der Waals surface area contributed by atoms with Gasteiger partial charge in [0.15, 0.2) is 0 Å². The third-order valence-electron chi connectivity index (χ3n) is 2.43. The molecule has 1 fully saturated rings. The minimum atomic E-state index is -0.391. The maximum Gasteiger partial charge on any atom is 0.410 e. The number of carbonyl (C=O) groups is 1. The lowest BCUT2D eigenvalue weighted by Crippen LogP contribution is -2.36. The van der Waals surface area contributed by atoms with Gasteiger partial charge < -0.3 is 15.0 Å². The molecular weight excluding hydrogens is 192 g/mol. The van der Waals surface area contributed by atoms with Crippen LogP contribution in [0.2, 0.25) is 0 Å². The van der Waals surface area contributed by atoms with Gasteiger partial charge in [-0.25, -0.2) is 4.79 Å². The molecule has 0 aromatic heterocycles. The van der Waals surface area contributed by atoms with E-state index >= 15 is 0 Å². The van der Waals surface area contributed by atoms with E-state index in [1.54, 1.807) is 4.90 Å². The normalized spacial score (nSPS) is 21.9. The average molecular weight is 214 g/mol. The van der Waals surface area contributed by atoms with Crippen LogP contribution in [-0.4, -0.2) is 43.3 Å². The van der Waals surface area contributed by atoms with Crippen LogP contribution in [0.4, 0.5) is 4.79 Å². The minimum Gasteiger partial charge on any atom is -0.444 e. The summed E-state index contributed by atoms with van der Waals surface area (Å²) in [6.07, 6.45) is 0.890. The number of nitrogens with zero attached hydrogens (tertiary/aromatic N) is 1. The predicted molar refractivity (Wildman–Crippen MR) is 59.8 cm³/mol. The van der Waals surface area contributed by atoms with Crippen LogP contribution in [-0.2, 0) is 4.74 Å². The summed E-state index contributed by atoms with van der Waals surface area (Å²) in [5.41, 5.74) is -0.391. The highest BCUT2D eigenvalue weighted by Crippen LogP contribution is 2.18. The van der Waals surface area contributed by atoms with E-state index in [1.807, 2.05) is 27.8 Å². The molecule has 1 atom stereocenters. The monoisotopic (exact) mass is 214 g/mol. The zero-order chi connectivity index (χ0) is 11.5. The number of ether oxygens (including phenoxy) is 1. The summed E-state index contributed by atoms with van der Waals surface area (Å²) in [6.45, 7) is 8.29. The fourth-order valence-electron chi connectivity index (χ4n) is 1.78. The van der Waals surface area contributed by atoms with Crippen LogP contribution in [0.1, 0.15) is 27.2 Å². The molecule has 1 amide bonds. The Morgan fingerprint density at radius 1 is 1.53 bits per heavy atom. The Labute approximate surface area is 92.0 Å².